The van der Waals surface area contributed by atoms with Gasteiger partial charge in [-0.1, -0.05) is 5.16 Å². The first kappa shape index (κ1) is 13.0. The number of rotatable bonds is 3. The van der Waals surface area contributed by atoms with Gasteiger partial charge in [-0.05, 0) is 18.2 Å². The number of ether oxygens (including phenoxy) is 1. The van der Waals surface area contributed by atoms with Gasteiger partial charge in [0.1, 0.15) is 11.6 Å². The maximum absolute atomic E-state index is 12.0. The van der Waals surface area contributed by atoms with Crippen LogP contribution < -0.4 is 5.56 Å². The number of fused-ring (bicyclic) bond motifs is 1. The summed E-state index contributed by atoms with van der Waals surface area (Å²) in [6.45, 7) is 0. The number of H-pyrrole nitrogens is 1. The second-order valence-electron chi connectivity index (χ2n) is 4.39. The fourth-order valence-corrected chi connectivity index (χ4v) is 2.01. The molecule has 0 saturated heterocycles. The van der Waals surface area contributed by atoms with Crippen LogP contribution >= 0.6 is 0 Å². The third-order valence-corrected chi connectivity index (χ3v) is 3.01. The molecule has 7 heteroatoms. The number of esters is 1. The molecule has 0 radical (unpaired) electrons. The van der Waals surface area contributed by atoms with Gasteiger partial charge in [0, 0.05) is 6.07 Å². The summed E-state index contributed by atoms with van der Waals surface area (Å²) >= 11 is 0. The molecule has 0 amide bonds. The van der Waals surface area contributed by atoms with E-state index >= 15 is 0 Å². The van der Waals surface area contributed by atoms with E-state index in [1.165, 1.54) is 25.4 Å². The molecule has 2 heterocycles. The van der Waals surface area contributed by atoms with Crippen LogP contribution in [0.5, 0.6) is 0 Å². The summed E-state index contributed by atoms with van der Waals surface area (Å²) < 4.78 is 9.64. The Morgan fingerprint density at radius 1 is 1.38 bits per heavy atom. The first-order valence-corrected chi connectivity index (χ1v) is 6.18. The Bertz CT molecular complexity index is 852. The van der Waals surface area contributed by atoms with Crippen molar-refractivity contribution in [3.05, 3.63) is 58.0 Å². The van der Waals surface area contributed by atoms with Crippen LogP contribution in [0.2, 0.25) is 0 Å². The highest BCUT2D eigenvalue weighted by molar-refractivity contribution is 5.93. The first-order valence-electron chi connectivity index (χ1n) is 6.18. The van der Waals surface area contributed by atoms with Gasteiger partial charge in [-0.3, -0.25) is 4.79 Å². The summed E-state index contributed by atoms with van der Waals surface area (Å²) in [6, 6.07) is 6.29. The number of carbonyl (C=O) groups is 1. The zero-order valence-corrected chi connectivity index (χ0v) is 11.1. The van der Waals surface area contributed by atoms with Gasteiger partial charge >= 0.3 is 5.97 Å². The van der Waals surface area contributed by atoms with Gasteiger partial charge in [-0.15, -0.1) is 0 Å². The van der Waals surface area contributed by atoms with Gasteiger partial charge in [0.25, 0.3) is 5.56 Å². The zero-order chi connectivity index (χ0) is 14.8. The van der Waals surface area contributed by atoms with E-state index in [4.69, 9.17) is 4.52 Å². The SMILES string of the molecule is COC(=O)c1ccc2c(=O)[nH]c(Cc3ccno3)nc2c1. The lowest BCUT2D eigenvalue weighted by atomic mass is 10.1. The summed E-state index contributed by atoms with van der Waals surface area (Å²) in [5, 5.41) is 4.00. The molecule has 3 aromatic rings. The second kappa shape index (κ2) is 5.20. The number of hydrogen-bond donors (Lipinski definition) is 1. The highest BCUT2D eigenvalue weighted by Crippen LogP contribution is 2.12. The minimum Gasteiger partial charge on any atom is -0.465 e. The number of nitrogens with zero attached hydrogens (tertiary/aromatic N) is 2. The Kier molecular flexibility index (Phi) is 3.23. The molecule has 0 aliphatic heterocycles. The predicted octanol–water partition coefficient (Wildman–Crippen LogP) is 1.29. The number of methoxy groups -OCH3 is 1. The van der Waals surface area contributed by atoms with Gasteiger partial charge in [0.2, 0.25) is 0 Å². The second-order valence-corrected chi connectivity index (χ2v) is 4.39. The Balaban J connectivity index is 2.08. The molecular formula is C14H11N3O4. The topological polar surface area (TPSA) is 98.1 Å². The molecule has 7 nitrogen and oxygen atoms in total. The van der Waals surface area contributed by atoms with E-state index in [0.29, 0.717) is 34.5 Å². The molecular weight excluding hydrogens is 274 g/mol. The molecule has 0 spiro atoms. The highest BCUT2D eigenvalue weighted by Gasteiger charge is 2.10. The van der Waals surface area contributed by atoms with Crippen LogP contribution in [0.1, 0.15) is 21.9 Å². The normalized spacial score (nSPS) is 10.7. The molecule has 1 N–H and O–H groups in total. The average Bonchev–Trinajstić information content (AvgIpc) is 2.98. The Labute approximate surface area is 118 Å². The maximum atomic E-state index is 12.0. The smallest absolute Gasteiger partial charge is 0.337 e. The van der Waals surface area contributed by atoms with Crippen molar-refractivity contribution < 1.29 is 14.1 Å². The number of benzene rings is 1. The van der Waals surface area contributed by atoms with Crippen molar-refractivity contribution in [3.8, 4) is 0 Å². The quantitative estimate of drug-likeness (QED) is 0.728. The molecule has 0 fully saturated rings. The maximum Gasteiger partial charge on any atom is 0.337 e. The van der Waals surface area contributed by atoms with Crippen LogP contribution in [0, 0.1) is 0 Å². The van der Waals surface area contributed by atoms with Gasteiger partial charge < -0.3 is 14.2 Å². The number of hydrogen-bond acceptors (Lipinski definition) is 6. The van der Waals surface area contributed by atoms with Crippen molar-refractivity contribution in [3.63, 3.8) is 0 Å². The third kappa shape index (κ3) is 2.53. The minimum atomic E-state index is -0.476. The Hall–Kier alpha value is -2.96. The lowest BCUT2D eigenvalue weighted by Crippen LogP contribution is -2.13. The van der Waals surface area contributed by atoms with Gasteiger partial charge in [0.15, 0.2) is 0 Å². The van der Waals surface area contributed by atoms with Gasteiger partial charge in [0.05, 0.1) is 36.2 Å². The molecule has 0 aliphatic rings. The molecule has 0 unspecified atom stereocenters. The van der Waals surface area contributed by atoms with Gasteiger partial charge in [-0.2, -0.15) is 0 Å². The first-order chi connectivity index (χ1) is 10.2. The van der Waals surface area contributed by atoms with Crippen LogP contribution in [-0.4, -0.2) is 28.2 Å². The van der Waals surface area contributed by atoms with E-state index in [-0.39, 0.29) is 5.56 Å². The molecule has 0 aliphatic carbocycles. The average molecular weight is 285 g/mol. The van der Waals surface area contributed by atoms with Crippen molar-refractivity contribution in [1.82, 2.24) is 15.1 Å². The molecule has 0 saturated carbocycles. The molecule has 0 bridgehead atoms. The fourth-order valence-electron chi connectivity index (χ4n) is 2.01. The van der Waals surface area contributed by atoms with Crippen LogP contribution in [0.4, 0.5) is 0 Å². The summed E-state index contributed by atoms with van der Waals surface area (Å²) in [5.74, 6) is 0.545. The Morgan fingerprint density at radius 3 is 2.95 bits per heavy atom. The van der Waals surface area contributed by atoms with E-state index < -0.39 is 5.97 Å². The highest BCUT2D eigenvalue weighted by atomic mass is 16.5. The largest absolute Gasteiger partial charge is 0.465 e. The van der Waals surface area contributed by atoms with E-state index in [2.05, 4.69) is 19.9 Å². The van der Waals surface area contributed by atoms with E-state index in [9.17, 15) is 9.59 Å². The lowest BCUT2D eigenvalue weighted by Gasteiger charge is -2.03. The summed E-state index contributed by atoms with van der Waals surface area (Å²) in [7, 11) is 1.30. The van der Waals surface area contributed by atoms with Crippen molar-refractivity contribution >= 4 is 16.9 Å². The number of aromatic amines is 1. The molecule has 21 heavy (non-hydrogen) atoms. The molecule has 3 rings (SSSR count). The Morgan fingerprint density at radius 2 is 2.24 bits per heavy atom. The van der Waals surface area contributed by atoms with E-state index in [1.807, 2.05) is 0 Å². The summed E-state index contributed by atoms with van der Waals surface area (Å²) in [4.78, 5) is 30.6. The standard InChI is InChI=1S/C14H11N3O4/c1-20-14(19)8-2-3-10-11(6-8)16-12(17-13(10)18)7-9-4-5-15-21-9/h2-6H,7H2,1H3,(H,16,17,18). The monoisotopic (exact) mass is 285 g/mol. The minimum absolute atomic E-state index is 0.272. The molecule has 0 atom stereocenters. The van der Waals surface area contributed by atoms with Crippen LogP contribution in [0.15, 0.2) is 39.8 Å². The van der Waals surface area contributed by atoms with Gasteiger partial charge in [-0.25, -0.2) is 9.78 Å². The number of aromatic nitrogens is 3. The molecule has 2 aromatic heterocycles. The predicted molar refractivity (Wildman–Crippen MR) is 73.0 cm³/mol. The van der Waals surface area contributed by atoms with Crippen molar-refractivity contribution in [2.24, 2.45) is 0 Å². The van der Waals surface area contributed by atoms with Crippen LogP contribution in [-0.2, 0) is 11.2 Å². The van der Waals surface area contributed by atoms with Crippen molar-refractivity contribution in [2.45, 2.75) is 6.42 Å². The lowest BCUT2D eigenvalue weighted by molar-refractivity contribution is 0.0601. The number of nitrogens with one attached hydrogen (secondary N) is 1. The van der Waals surface area contributed by atoms with Crippen molar-refractivity contribution in [1.29, 1.82) is 0 Å². The molecule has 106 valence electrons. The third-order valence-electron chi connectivity index (χ3n) is 3.01. The summed E-state index contributed by atoms with van der Waals surface area (Å²) in [6.07, 6.45) is 1.83. The fraction of sp³-hybridized carbons (Fsp3) is 0.143. The van der Waals surface area contributed by atoms with E-state index in [1.54, 1.807) is 12.1 Å². The zero-order valence-electron chi connectivity index (χ0n) is 11.1. The van der Waals surface area contributed by atoms with Crippen LogP contribution in [0.25, 0.3) is 10.9 Å². The molecule has 1 aromatic carbocycles. The van der Waals surface area contributed by atoms with Crippen molar-refractivity contribution in [2.75, 3.05) is 7.11 Å². The number of carbonyl (C=O) groups excluding carboxylic acids is 1. The van der Waals surface area contributed by atoms with E-state index in [0.717, 1.165) is 0 Å². The van der Waals surface area contributed by atoms with Crippen LogP contribution in [0.3, 0.4) is 0 Å². The summed E-state index contributed by atoms with van der Waals surface area (Å²) in [5.41, 5.74) is 0.496.